The van der Waals surface area contributed by atoms with Gasteiger partial charge < -0.3 is 41.1 Å². The molecule has 0 spiro atoms. The average molecular weight is 941 g/mol. The lowest BCUT2D eigenvalue weighted by Gasteiger charge is -2.46. The number of thioether (sulfide) groups is 1. The van der Waals surface area contributed by atoms with E-state index in [2.05, 4.69) is 26.2 Å². The Morgan fingerprint density at radius 2 is 1.58 bits per heavy atom. The summed E-state index contributed by atoms with van der Waals surface area (Å²) in [6, 6.07) is 16.9. The summed E-state index contributed by atoms with van der Waals surface area (Å²) in [5.41, 5.74) is 2.10. The van der Waals surface area contributed by atoms with Crippen molar-refractivity contribution < 1.29 is 33.9 Å². The number of piperazine rings is 2. The van der Waals surface area contributed by atoms with E-state index < -0.39 is 23.6 Å². The van der Waals surface area contributed by atoms with Gasteiger partial charge in [-0.1, -0.05) is 81.0 Å². The Morgan fingerprint density at radius 1 is 0.791 bits per heavy atom. The number of carbonyl (C=O) groups is 6. The van der Waals surface area contributed by atoms with Crippen molar-refractivity contribution in [2.75, 3.05) is 51.6 Å². The quantitative estimate of drug-likeness (QED) is 0.0651. The monoisotopic (exact) mass is 941 g/mol. The Labute approximate surface area is 400 Å². The van der Waals surface area contributed by atoms with Gasteiger partial charge >= 0.3 is 29.7 Å². The number of unbranched alkanes of at least 4 members (excludes halogenated alkanes) is 2. The van der Waals surface area contributed by atoms with E-state index in [-0.39, 0.29) is 53.9 Å². The molecule has 5 saturated heterocycles. The van der Waals surface area contributed by atoms with Gasteiger partial charge in [0.1, 0.15) is 5.75 Å². The molecule has 67 heavy (non-hydrogen) atoms. The molecule has 6 fully saturated rings. The second kappa shape index (κ2) is 23.5. The number of nitrogens with zero attached hydrogens (tertiary/aromatic N) is 4. The highest BCUT2D eigenvalue weighted by Crippen LogP contribution is 2.34. The molecule has 15 nitrogen and oxygen atoms in total. The predicted octanol–water partition coefficient (Wildman–Crippen LogP) is 4.36. The van der Waals surface area contributed by atoms with Gasteiger partial charge in [-0.05, 0) is 99.9 Å². The van der Waals surface area contributed by atoms with Crippen LogP contribution in [0, 0.1) is 5.92 Å². The van der Waals surface area contributed by atoms with E-state index in [4.69, 9.17) is 0 Å². The first-order valence-electron chi connectivity index (χ1n) is 25.3. The standard InChI is InChI=1S/C51H72N8O7S/c60-42-22-20-37(21-23-42)29-41-33-59(50(65)49(64)57(41)27-24-35-12-3-1-4-13-35)40(28-36-14-5-2-6-15-36)31-56-26-11-17-39(56)32-58-38(30-53-47(62)48(58)63)16-9-10-25-52-45(61)19-8-7-18-44-46-43(34-67-44)54-51(66)55-46/h1,3-4,12-13,20-23,36,38-41,43-44,46,60H,2,5-11,14-19,24-34H2,(H,52,61)(H,53,62)(H2,54,55,66)/t38-,39-,40?,41-,43-,44-,46-/m0/s1. The Hall–Kier alpha value is -4.83. The third-order valence-corrected chi connectivity index (χ3v) is 16.8. The van der Waals surface area contributed by atoms with Gasteiger partial charge in [-0.3, -0.25) is 28.9 Å². The van der Waals surface area contributed by atoms with Gasteiger partial charge in [-0.25, -0.2) is 4.79 Å². The number of benzene rings is 2. The third-order valence-electron chi connectivity index (χ3n) is 15.3. The minimum Gasteiger partial charge on any atom is -0.508 e. The number of phenols is 1. The SMILES string of the molecule is O=C(CCCC[C@@H]1SC[C@@H]2NC(=O)N[C@@H]21)NCCCC[C@H]1CNC(=O)C(=O)N1C[C@@H]1CCCN1CC(CC1CCCCC1)N1C[C@H](Cc2ccc(O)cc2)N(CCc2ccccc2)C(=O)C1=O. The molecule has 0 radical (unpaired) electrons. The highest BCUT2D eigenvalue weighted by atomic mass is 32.2. The zero-order valence-electron chi connectivity index (χ0n) is 39.1. The Morgan fingerprint density at radius 3 is 2.39 bits per heavy atom. The molecule has 5 heterocycles. The van der Waals surface area contributed by atoms with Crippen molar-refractivity contribution in [3.63, 3.8) is 0 Å². The summed E-state index contributed by atoms with van der Waals surface area (Å²) in [4.78, 5) is 87.4. The summed E-state index contributed by atoms with van der Waals surface area (Å²) in [6.07, 6.45) is 15.1. The van der Waals surface area contributed by atoms with Crippen molar-refractivity contribution in [3.05, 3.63) is 65.7 Å². The lowest BCUT2D eigenvalue weighted by atomic mass is 9.84. The second-order valence-corrected chi connectivity index (χ2v) is 21.2. The number of amides is 7. The molecule has 1 saturated carbocycles. The van der Waals surface area contributed by atoms with E-state index in [0.29, 0.717) is 76.1 Å². The zero-order valence-corrected chi connectivity index (χ0v) is 39.9. The van der Waals surface area contributed by atoms with Crippen LogP contribution >= 0.6 is 11.8 Å². The molecule has 1 aliphatic carbocycles. The summed E-state index contributed by atoms with van der Waals surface area (Å²) in [6.45, 7) is 3.65. The molecular weight excluding hydrogens is 869 g/mol. The van der Waals surface area contributed by atoms with Crippen molar-refractivity contribution in [3.8, 4) is 5.75 Å². The molecular formula is C51H72N8O7S. The van der Waals surface area contributed by atoms with E-state index in [1.807, 2.05) is 59.1 Å². The molecule has 0 aromatic heterocycles. The summed E-state index contributed by atoms with van der Waals surface area (Å²) < 4.78 is 0. The van der Waals surface area contributed by atoms with Crippen LogP contribution in [0.2, 0.25) is 0 Å². The molecule has 2 aromatic carbocycles. The summed E-state index contributed by atoms with van der Waals surface area (Å²) >= 11 is 1.89. The number of fused-ring (bicyclic) bond motifs is 1. The number of carbonyl (C=O) groups excluding carboxylic acids is 6. The van der Waals surface area contributed by atoms with Crippen molar-refractivity contribution in [2.45, 2.75) is 151 Å². The van der Waals surface area contributed by atoms with Crippen LogP contribution in [0.25, 0.3) is 0 Å². The Bertz CT molecular complexity index is 2020. The summed E-state index contributed by atoms with van der Waals surface area (Å²) in [5.74, 6) is -0.364. The van der Waals surface area contributed by atoms with E-state index in [1.165, 1.54) is 19.3 Å². The molecule has 8 rings (SSSR count). The molecule has 2 aromatic rings. The van der Waals surface area contributed by atoms with Crippen molar-refractivity contribution in [2.24, 2.45) is 5.92 Å². The molecule has 7 amide bonds. The number of rotatable bonds is 22. The van der Waals surface area contributed by atoms with Crippen LogP contribution in [0.4, 0.5) is 4.79 Å². The maximum Gasteiger partial charge on any atom is 0.315 e. The molecule has 5 aliphatic heterocycles. The lowest BCUT2D eigenvalue weighted by Crippen LogP contribution is -2.64. The average Bonchev–Trinajstić information content (AvgIpc) is 4.05. The summed E-state index contributed by atoms with van der Waals surface area (Å²) in [5, 5.41) is 22.3. The number of phenolic OH excluding ortho intramolecular Hbond substituents is 1. The van der Waals surface area contributed by atoms with Crippen molar-refractivity contribution in [1.29, 1.82) is 0 Å². The highest BCUT2D eigenvalue weighted by Gasteiger charge is 2.45. The van der Waals surface area contributed by atoms with Gasteiger partial charge in [0.05, 0.1) is 18.1 Å². The number of urea groups is 1. The fraction of sp³-hybridized carbons (Fsp3) is 0.647. The minimum absolute atomic E-state index is 0.0125. The lowest BCUT2D eigenvalue weighted by molar-refractivity contribution is -0.161. The molecule has 16 heteroatoms. The molecule has 364 valence electrons. The maximum absolute atomic E-state index is 14.4. The molecule has 6 aliphatic rings. The third kappa shape index (κ3) is 12.8. The van der Waals surface area contributed by atoms with Crippen molar-refractivity contribution >= 4 is 47.3 Å². The van der Waals surface area contributed by atoms with Crippen LogP contribution in [0.5, 0.6) is 5.75 Å². The normalized spacial score (nSPS) is 26.4. The largest absolute Gasteiger partial charge is 0.508 e. The van der Waals surface area contributed by atoms with E-state index >= 15 is 0 Å². The zero-order chi connectivity index (χ0) is 46.7. The molecule has 5 N–H and O–H groups in total. The van der Waals surface area contributed by atoms with Crippen LogP contribution < -0.4 is 21.3 Å². The van der Waals surface area contributed by atoms with Crippen LogP contribution in [-0.4, -0.2) is 153 Å². The van der Waals surface area contributed by atoms with E-state index in [0.717, 1.165) is 87.6 Å². The van der Waals surface area contributed by atoms with Crippen LogP contribution in [0.1, 0.15) is 107 Å². The Balaban J connectivity index is 0.869. The van der Waals surface area contributed by atoms with Crippen LogP contribution in [-0.2, 0) is 36.8 Å². The first-order chi connectivity index (χ1) is 32.6. The van der Waals surface area contributed by atoms with E-state index in [9.17, 15) is 33.9 Å². The van der Waals surface area contributed by atoms with Gasteiger partial charge in [0.25, 0.3) is 0 Å². The molecule has 0 bridgehead atoms. The topological polar surface area (TPSA) is 184 Å². The number of hydrogen-bond donors (Lipinski definition) is 5. The molecule has 1 unspecified atom stereocenters. The highest BCUT2D eigenvalue weighted by molar-refractivity contribution is 8.00. The van der Waals surface area contributed by atoms with Crippen LogP contribution in [0.3, 0.4) is 0 Å². The molecule has 7 atom stereocenters. The van der Waals surface area contributed by atoms with Gasteiger partial charge in [0.15, 0.2) is 0 Å². The van der Waals surface area contributed by atoms with Gasteiger partial charge in [0.2, 0.25) is 5.91 Å². The number of nitrogens with one attached hydrogen (secondary N) is 4. The smallest absolute Gasteiger partial charge is 0.315 e. The second-order valence-electron chi connectivity index (χ2n) is 19.9. The minimum atomic E-state index is -0.576. The number of aromatic hydroxyl groups is 1. The fourth-order valence-electron chi connectivity index (χ4n) is 11.6. The van der Waals surface area contributed by atoms with Crippen LogP contribution in [0.15, 0.2) is 54.6 Å². The summed E-state index contributed by atoms with van der Waals surface area (Å²) in [7, 11) is 0. The fourth-order valence-corrected chi connectivity index (χ4v) is 13.2. The number of likely N-dealkylation sites (tertiary alicyclic amines) is 1. The first kappa shape index (κ1) is 48.6. The van der Waals surface area contributed by atoms with Gasteiger partial charge in [0, 0.05) is 74.8 Å². The Kier molecular flexibility index (Phi) is 17.0. The maximum atomic E-state index is 14.4. The predicted molar refractivity (Wildman–Crippen MR) is 258 cm³/mol. The van der Waals surface area contributed by atoms with E-state index in [1.54, 1.807) is 21.9 Å². The van der Waals surface area contributed by atoms with Gasteiger partial charge in [-0.2, -0.15) is 11.8 Å². The van der Waals surface area contributed by atoms with Crippen molar-refractivity contribution in [1.82, 2.24) is 40.9 Å². The number of hydrogen-bond acceptors (Lipinski definition) is 9. The van der Waals surface area contributed by atoms with Gasteiger partial charge in [-0.15, -0.1) is 0 Å². The first-order valence-corrected chi connectivity index (χ1v) is 26.4.